The van der Waals surface area contributed by atoms with Crippen LogP contribution in [0.15, 0.2) is 48.5 Å². The SMILES string of the molecule is Cc1ccc(OCC(=O)Nc2cccc(C(=O)N3CCOC(C)C3)c2)cc1. The van der Waals surface area contributed by atoms with Crippen molar-refractivity contribution in [1.82, 2.24) is 4.90 Å². The molecule has 2 amide bonds. The van der Waals surface area contributed by atoms with Crippen LogP contribution in [0.1, 0.15) is 22.8 Å². The van der Waals surface area contributed by atoms with Gasteiger partial charge in [0.25, 0.3) is 11.8 Å². The molecule has 1 aliphatic rings. The Balaban J connectivity index is 1.57. The summed E-state index contributed by atoms with van der Waals surface area (Å²) >= 11 is 0. The Hall–Kier alpha value is -2.86. The molecule has 27 heavy (non-hydrogen) atoms. The van der Waals surface area contributed by atoms with Crippen LogP contribution >= 0.6 is 0 Å². The molecule has 6 heteroatoms. The number of hydrogen-bond acceptors (Lipinski definition) is 4. The highest BCUT2D eigenvalue weighted by Crippen LogP contribution is 2.16. The molecule has 1 heterocycles. The third-order valence-corrected chi connectivity index (χ3v) is 4.31. The number of morpholine rings is 1. The fourth-order valence-corrected chi connectivity index (χ4v) is 2.90. The molecule has 0 spiro atoms. The summed E-state index contributed by atoms with van der Waals surface area (Å²) in [4.78, 5) is 26.6. The molecule has 0 aliphatic carbocycles. The first-order valence-electron chi connectivity index (χ1n) is 9.01. The molecule has 3 rings (SSSR count). The molecule has 1 fully saturated rings. The van der Waals surface area contributed by atoms with Crippen LogP contribution in [-0.4, -0.2) is 49.1 Å². The van der Waals surface area contributed by atoms with E-state index in [9.17, 15) is 9.59 Å². The number of nitrogens with zero attached hydrogens (tertiary/aromatic N) is 1. The van der Waals surface area contributed by atoms with Gasteiger partial charge in [-0.1, -0.05) is 23.8 Å². The third kappa shape index (κ3) is 5.31. The molecule has 0 aromatic heterocycles. The molecule has 142 valence electrons. The van der Waals surface area contributed by atoms with Gasteiger partial charge in [-0.05, 0) is 44.2 Å². The van der Waals surface area contributed by atoms with E-state index in [-0.39, 0.29) is 24.5 Å². The van der Waals surface area contributed by atoms with E-state index in [4.69, 9.17) is 9.47 Å². The summed E-state index contributed by atoms with van der Waals surface area (Å²) in [5.74, 6) is 0.304. The second-order valence-corrected chi connectivity index (χ2v) is 6.66. The number of benzene rings is 2. The number of carbonyl (C=O) groups is 2. The Morgan fingerprint density at radius 3 is 2.74 bits per heavy atom. The van der Waals surface area contributed by atoms with Crippen LogP contribution in [0, 0.1) is 6.92 Å². The quantitative estimate of drug-likeness (QED) is 0.881. The van der Waals surface area contributed by atoms with Crippen LogP contribution < -0.4 is 10.1 Å². The van der Waals surface area contributed by atoms with Gasteiger partial charge in [-0.15, -0.1) is 0 Å². The van der Waals surface area contributed by atoms with E-state index >= 15 is 0 Å². The molecule has 0 saturated carbocycles. The number of ether oxygens (including phenoxy) is 2. The maximum Gasteiger partial charge on any atom is 0.262 e. The van der Waals surface area contributed by atoms with E-state index in [1.54, 1.807) is 29.2 Å². The zero-order valence-electron chi connectivity index (χ0n) is 15.6. The van der Waals surface area contributed by atoms with Gasteiger partial charge in [0.05, 0.1) is 12.7 Å². The summed E-state index contributed by atoms with van der Waals surface area (Å²) in [7, 11) is 0. The first kappa shape index (κ1) is 18.9. The Morgan fingerprint density at radius 2 is 2.00 bits per heavy atom. The van der Waals surface area contributed by atoms with Crippen LogP contribution in [0.5, 0.6) is 5.75 Å². The Labute approximate surface area is 159 Å². The van der Waals surface area contributed by atoms with Crippen molar-refractivity contribution in [3.63, 3.8) is 0 Å². The van der Waals surface area contributed by atoms with Crippen molar-refractivity contribution in [3.05, 3.63) is 59.7 Å². The number of hydrogen-bond donors (Lipinski definition) is 1. The second-order valence-electron chi connectivity index (χ2n) is 6.66. The number of carbonyl (C=O) groups excluding carboxylic acids is 2. The second kappa shape index (κ2) is 8.68. The zero-order chi connectivity index (χ0) is 19.2. The summed E-state index contributed by atoms with van der Waals surface area (Å²) in [5, 5.41) is 2.77. The molecular weight excluding hydrogens is 344 g/mol. The highest BCUT2D eigenvalue weighted by atomic mass is 16.5. The van der Waals surface area contributed by atoms with E-state index in [1.807, 2.05) is 38.1 Å². The Kier molecular flexibility index (Phi) is 6.08. The van der Waals surface area contributed by atoms with Gasteiger partial charge in [0.15, 0.2) is 6.61 Å². The highest BCUT2D eigenvalue weighted by Gasteiger charge is 2.22. The summed E-state index contributed by atoms with van der Waals surface area (Å²) in [5.41, 5.74) is 2.24. The molecule has 6 nitrogen and oxygen atoms in total. The van der Waals surface area contributed by atoms with Gasteiger partial charge < -0.3 is 19.7 Å². The van der Waals surface area contributed by atoms with Gasteiger partial charge in [-0.25, -0.2) is 0 Å². The Bertz CT molecular complexity index is 804. The van der Waals surface area contributed by atoms with Crippen molar-refractivity contribution in [3.8, 4) is 5.75 Å². The van der Waals surface area contributed by atoms with Gasteiger partial charge in [-0.3, -0.25) is 9.59 Å². The van der Waals surface area contributed by atoms with E-state index in [1.165, 1.54) is 0 Å². The fourth-order valence-electron chi connectivity index (χ4n) is 2.90. The van der Waals surface area contributed by atoms with Gasteiger partial charge in [-0.2, -0.15) is 0 Å². The van der Waals surface area contributed by atoms with Crippen molar-refractivity contribution in [1.29, 1.82) is 0 Å². The minimum Gasteiger partial charge on any atom is -0.484 e. The predicted octanol–water partition coefficient (Wildman–Crippen LogP) is 2.87. The monoisotopic (exact) mass is 368 g/mol. The standard InChI is InChI=1S/C21H24N2O4/c1-15-6-8-19(9-7-15)27-14-20(24)22-18-5-3-4-17(12-18)21(25)23-10-11-26-16(2)13-23/h3-9,12,16H,10-11,13-14H2,1-2H3,(H,22,24). The van der Waals surface area contributed by atoms with Crippen LogP contribution in [0.2, 0.25) is 0 Å². The van der Waals surface area contributed by atoms with Crippen LogP contribution in [-0.2, 0) is 9.53 Å². The molecule has 2 aromatic rings. The largest absolute Gasteiger partial charge is 0.484 e. The van der Waals surface area contributed by atoms with E-state index in [2.05, 4.69) is 5.32 Å². The van der Waals surface area contributed by atoms with E-state index < -0.39 is 0 Å². The van der Waals surface area contributed by atoms with Crippen molar-refractivity contribution in [2.24, 2.45) is 0 Å². The normalized spacial score (nSPS) is 16.7. The van der Waals surface area contributed by atoms with Crippen molar-refractivity contribution < 1.29 is 19.1 Å². The maximum atomic E-state index is 12.7. The molecule has 1 unspecified atom stereocenters. The fraction of sp³-hybridized carbons (Fsp3) is 0.333. The maximum absolute atomic E-state index is 12.7. The topological polar surface area (TPSA) is 67.9 Å². The molecule has 1 saturated heterocycles. The number of aryl methyl sites for hydroxylation is 1. The van der Waals surface area contributed by atoms with Crippen LogP contribution in [0.25, 0.3) is 0 Å². The minimum absolute atomic E-state index is 0.0320. The molecule has 1 aliphatic heterocycles. The van der Waals surface area contributed by atoms with Crippen LogP contribution in [0.3, 0.4) is 0 Å². The predicted molar refractivity (Wildman–Crippen MR) is 103 cm³/mol. The lowest BCUT2D eigenvalue weighted by Crippen LogP contribution is -2.44. The molecule has 1 N–H and O–H groups in total. The number of anilines is 1. The van der Waals surface area contributed by atoms with Gasteiger partial charge in [0.2, 0.25) is 0 Å². The zero-order valence-corrected chi connectivity index (χ0v) is 15.6. The average Bonchev–Trinajstić information content (AvgIpc) is 2.67. The average molecular weight is 368 g/mol. The third-order valence-electron chi connectivity index (χ3n) is 4.31. The molecule has 1 atom stereocenters. The minimum atomic E-state index is -0.278. The van der Waals surface area contributed by atoms with Gasteiger partial charge in [0.1, 0.15) is 5.75 Å². The first-order valence-corrected chi connectivity index (χ1v) is 9.01. The van der Waals surface area contributed by atoms with E-state index in [0.29, 0.717) is 36.7 Å². The number of nitrogens with one attached hydrogen (secondary N) is 1. The summed E-state index contributed by atoms with van der Waals surface area (Å²) in [6.07, 6.45) is 0.0320. The van der Waals surface area contributed by atoms with Crippen molar-refractivity contribution in [2.75, 3.05) is 31.6 Å². The summed E-state index contributed by atoms with van der Waals surface area (Å²) in [6, 6.07) is 14.4. The van der Waals surface area contributed by atoms with Gasteiger partial charge in [0, 0.05) is 24.3 Å². The highest BCUT2D eigenvalue weighted by molar-refractivity contribution is 5.97. The lowest BCUT2D eigenvalue weighted by molar-refractivity contribution is -0.118. The molecule has 2 aromatic carbocycles. The Morgan fingerprint density at radius 1 is 1.22 bits per heavy atom. The summed E-state index contributed by atoms with van der Waals surface area (Å²) < 4.78 is 11.0. The summed E-state index contributed by atoms with van der Waals surface area (Å²) in [6.45, 7) is 5.53. The first-order chi connectivity index (χ1) is 13.0. The lowest BCUT2D eigenvalue weighted by Gasteiger charge is -2.31. The number of rotatable bonds is 5. The van der Waals surface area contributed by atoms with E-state index in [0.717, 1.165) is 5.56 Å². The van der Waals surface area contributed by atoms with Crippen molar-refractivity contribution >= 4 is 17.5 Å². The van der Waals surface area contributed by atoms with Crippen molar-refractivity contribution in [2.45, 2.75) is 20.0 Å². The molecule has 0 bridgehead atoms. The van der Waals surface area contributed by atoms with Gasteiger partial charge >= 0.3 is 0 Å². The molecular formula is C21H24N2O4. The lowest BCUT2D eigenvalue weighted by atomic mass is 10.1. The van der Waals surface area contributed by atoms with Crippen LogP contribution in [0.4, 0.5) is 5.69 Å². The smallest absolute Gasteiger partial charge is 0.262 e. The number of amides is 2. The molecule has 0 radical (unpaired) electrons.